The molecule has 2 unspecified atom stereocenters. The smallest absolute Gasteiger partial charge is 0.248 e. The molecule has 1 amide bonds. The van der Waals surface area contributed by atoms with Crippen molar-refractivity contribution in [3.8, 4) is 0 Å². The summed E-state index contributed by atoms with van der Waals surface area (Å²) in [6, 6.07) is 11.9. The highest BCUT2D eigenvalue weighted by atomic mass is 19.1. The molecule has 0 aliphatic heterocycles. The van der Waals surface area contributed by atoms with Crippen LogP contribution in [0.25, 0.3) is 0 Å². The maximum atomic E-state index is 12.9. The second-order valence-electron chi connectivity index (χ2n) is 6.43. The van der Waals surface area contributed by atoms with Gasteiger partial charge >= 0.3 is 0 Å². The molecular weight excluding hydrogens is 319 g/mol. The minimum atomic E-state index is -0.716. The lowest BCUT2D eigenvalue weighted by Crippen LogP contribution is -2.31. The van der Waals surface area contributed by atoms with Gasteiger partial charge in [-0.2, -0.15) is 0 Å². The molecule has 2 rings (SSSR count). The summed E-state index contributed by atoms with van der Waals surface area (Å²) in [5.74, 6) is -0.723. The average Bonchev–Trinajstić information content (AvgIpc) is 2.59. The van der Waals surface area contributed by atoms with Gasteiger partial charge in [-0.15, -0.1) is 0 Å². The molecule has 2 aromatic carbocycles. The van der Waals surface area contributed by atoms with Crippen LogP contribution < -0.4 is 11.1 Å². The van der Waals surface area contributed by atoms with E-state index in [9.17, 15) is 14.3 Å². The van der Waals surface area contributed by atoms with Crippen LogP contribution >= 0.6 is 0 Å². The molecule has 134 valence electrons. The molecule has 4 N–H and O–H groups in total. The highest BCUT2D eigenvalue weighted by Gasteiger charge is 2.13. The molecule has 0 spiro atoms. The molecule has 5 heteroatoms. The number of halogens is 1. The van der Waals surface area contributed by atoms with Crippen molar-refractivity contribution in [3.05, 3.63) is 70.5 Å². The predicted molar refractivity (Wildman–Crippen MR) is 96.8 cm³/mol. The zero-order valence-electron chi connectivity index (χ0n) is 14.6. The number of carbonyl (C=O) groups is 1. The van der Waals surface area contributed by atoms with Gasteiger partial charge in [0.2, 0.25) is 5.91 Å². The Morgan fingerprint density at radius 1 is 1.24 bits per heavy atom. The molecule has 4 nitrogen and oxygen atoms in total. The summed E-state index contributed by atoms with van der Waals surface area (Å²) in [6.07, 6.45) is 0.992. The quantitative estimate of drug-likeness (QED) is 0.689. The number of primary amides is 1. The van der Waals surface area contributed by atoms with E-state index in [1.165, 1.54) is 12.1 Å². The van der Waals surface area contributed by atoms with Gasteiger partial charge in [0, 0.05) is 18.2 Å². The first-order valence-electron chi connectivity index (χ1n) is 8.43. The second kappa shape index (κ2) is 8.74. The monoisotopic (exact) mass is 344 g/mol. The van der Waals surface area contributed by atoms with Gasteiger partial charge in [0.15, 0.2) is 0 Å². The molecule has 0 radical (unpaired) electrons. The number of hydrogen-bond acceptors (Lipinski definition) is 3. The first kappa shape index (κ1) is 19.1. The van der Waals surface area contributed by atoms with E-state index in [4.69, 9.17) is 5.73 Å². The molecule has 0 aliphatic rings. The summed E-state index contributed by atoms with van der Waals surface area (Å²) in [6.45, 7) is 4.23. The molecule has 0 aliphatic carbocycles. The maximum Gasteiger partial charge on any atom is 0.248 e. The van der Waals surface area contributed by atoms with Gasteiger partial charge in [-0.25, -0.2) is 4.39 Å². The predicted octanol–water partition coefficient (Wildman–Crippen LogP) is 2.88. The summed E-state index contributed by atoms with van der Waals surface area (Å²) in [4.78, 5) is 11.4. The Morgan fingerprint density at radius 2 is 1.92 bits per heavy atom. The Labute approximate surface area is 147 Å². The lowest BCUT2D eigenvalue weighted by molar-refractivity contribution is 0.0999. The van der Waals surface area contributed by atoms with Crippen LogP contribution in [0.2, 0.25) is 0 Å². The van der Waals surface area contributed by atoms with Crippen molar-refractivity contribution in [2.45, 2.75) is 38.8 Å². The Balaban J connectivity index is 1.84. The van der Waals surface area contributed by atoms with Crippen LogP contribution in [0, 0.1) is 12.7 Å². The van der Waals surface area contributed by atoms with Gasteiger partial charge in [0.1, 0.15) is 5.82 Å². The number of aryl methyl sites for hydroxylation is 2. The van der Waals surface area contributed by atoms with Crippen molar-refractivity contribution < 1.29 is 14.3 Å². The first-order chi connectivity index (χ1) is 11.9. The van der Waals surface area contributed by atoms with E-state index in [0.29, 0.717) is 17.7 Å². The van der Waals surface area contributed by atoms with E-state index in [0.717, 1.165) is 24.0 Å². The molecule has 0 heterocycles. The summed E-state index contributed by atoms with van der Waals surface area (Å²) in [5.41, 5.74) is 8.33. The normalized spacial score (nSPS) is 13.4. The van der Waals surface area contributed by atoms with Crippen molar-refractivity contribution in [1.82, 2.24) is 5.32 Å². The van der Waals surface area contributed by atoms with Crippen LogP contribution in [-0.2, 0) is 6.42 Å². The fraction of sp³-hybridized carbons (Fsp3) is 0.350. The number of nitrogens with one attached hydrogen (secondary N) is 1. The Bertz CT molecular complexity index is 716. The Hall–Kier alpha value is -2.24. The molecule has 0 saturated carbocycles. The molecule has 0 aromatic heterocycles. The number of benzene rings is 2. The highest BCUT2D eigenvalue weighted by molar-refractivity contribution is 5.94. The third-order valence-electron chi connectivity index (χ3n) is 4.35. The minimum Gasteiger partial charge on any atom is -0.387 e. The van der Waals surface area contributed by atoms with Crippen molar-refractivity contribution in [1.29, 1.82) is 0 Å². The number of nitrogens with two attached hydrogens (primary N) is 1. The van der Waals surface area contributed by atoms with E-state index in [1.807, 2.05) is 13.8 Å². The SMILES string of the molecule is Cc1ccc(C(O)CNC(C)CCc2ccc(F)cc2)cc1C(N)=O. The Morgan fingerprint density at radius 3 is 2.56 bits per heavy atom. The Kier molecular flexibility index (Phi) is 6.67. The zero-order chi connectivity index (χ0) is 18.4. The molecule has 0 bridgehead atoms. The van der Waals surface area contributed by atoms with E-state index in [2.05, 4.69) is 5.32 Å². The fourth-order valence-corrected chi connectivity index (χ4v) is 2.68. The molecule has 0 fully saturated rings. The molecule has 2 atom stereocenters. The largest absolute Gasteiger partial charge is 0.387 e. The van der Waals surface area contributed by atoms with Gasteiger partial charge in [-0.1, -0.05) is 24.3 Å². The van der Waals surface area contributed by atoms with Gasteiger partial charge in [0.25, 0.3) is 0 Å². The number of carbonyl (C=O) groups excluding carboxylic acids is 1. The van der Waals surface area contributed by atoms with Crippen LogP contribution in [0.4, 0.5) is 4.39 Å². The summed E-state index contributed by atoms with van der Waals surface area (Å²) >= 11 is 0. The van der Waals surface area contributed by atoms with Gasteiger partial charge in [-0.3, -0.25) is 4.79 Å². The highest BCUT2D eigenvalue weighted by Crippen LogP contribution is 2.17. The summed E-state index contributed by atoms with van der Waals surface area (Å²) in [5, 5.41) is 13.6. The van der Waals surface area contributed by atoms with Crippen molar-refractivity contribution >= 4 is 5.91 Å². The third kappa shape index (κ3) is 5.66. The van der Waals surface area contributed by atoms with Gasteiger partial charge < -0.3 is 16.2 Å². The van der Waals surface area contributed by atoms with Crippen LogP contribution in [0.3, 0.4) is 0 Å². The summed E-state index contributed by atoms with van der Waals surface area (Å²) < 4.78 is 12.9. The maximum absolute atomic E-state index is 12.9. The number of aliphatic hydroxyl groups excluding tert-OH is 1. The standard InChI is InChI=1S/C20H25FN2O2/c1-13-3-8-16(11-18(13)20(22)25)19(24)12-23-14(2)4-5-15-6-9-17(21)10-7-15/h3,6-11,14,19,23-24H,4-5,12H2,1-2H3,(H2,22,25). The molecule has 25 heavy (non-hydrogen) atoms. The topological polar surface area (TPSA) is 75.3 Å². The molecular formula is C20H25FN2O2. The van der Waals surface area contributed by atoms with E-state index >= 15 is 0 Å². The number of amides is 1. The van der Waals surface area contributed by atoms with Crippen LogP contribution in [-0.4, -0.2) is 23.6 Å². The fourth-order valence-electron chi connectivity index (χ4n) is 2.68. The van der Waals surface area contributed by atoms with Crippen molar-refractivity contribution in [2.24, 2.45) is 5.73 Å². The van der Waals surface area contributed by atoms with Gasteiger partial charge in [0.05, 0.1) is 6.10 Å². The first-order valence-corrected chi connectivity index (χ1v) is 8.43. The van der Waals surface area contributed by atoms with E-state index < -0.39 is 12.0 Å². The lowest BCUT2D eigenvalue weighted by Gasteiger charge is -2.18. The number of aliphatic hydroxyl groups is 1. The number of rotatable bonds is 8. The van der Waals surface area contributed by atoms with Crippen molar-refractivity contribution in [3.63, 3.8) is 0 Å². The minimum absolute atomic E-state index is 0.195. The lowest BCUT2D eigenvalue weighted by atomic mass is 10.0. The second-order valence-corrected chi connectivity index (χ2v) is 6.43. The van der Waals surface area contributed by atoms with Crippen LogP contribution in [0.1, 0.15) is 46.5 Å². The van der Waals surface area contributed by atoms with E-state index in [1.54, 1.807) is 30.3 Å². The molecule has 0 saturated heterocycles. The van der Waals surface area contributed by atoms with Gasteiger partial charge in [-0.05, 0) is 61.6 Å². The van der Waals surface area contributed by atoms with Crippen LogP contribution in [0.5, 0.6) is 0 Å². The molecule has 2 aromatic rings. The zero-order valence-corrected chi connectivity index (χ0v) is 14.6. The number of hydrogen-bond donors (Lipinski definition) is 3. The van der Waals surface area contributed by atoms with Crippen molar-refractivity contribution in [2.75, 3.05) is 6.54 Å². The van der Waals surface area contributed by atoms with E-state index in [-0.39, 0.29) is 11.9 Å². The summed E-state index contributed by atoms with van der Waals surface area (Å²) in [7, 11) is 0. The third-order valence-corrected chi connectivity index (χ3v) is 4.35. The average molecular weight is 344 g/mol. The van der Waals surface area contributed by atoms with Crippen LogP contribution in [0.15, 0.2) is 42.5 Å².